The maximum atomic E-state index is 11.8. The molecule has 0 spiro atoms. The summed E-state index contributed by atoms with van der Waals surface area (Å²) in [7, 11) is 1.26. The van der Waals surface area contributed by atoms with Gasteiger partial charge in [-0.1, -0.05) is 0 Å². The number of amides is 1. The molecule has 0 aliphatic heterocycles. The minimum absolute atomic E-state index is 0.130. The van der Waals surface area contributed by atoms with Gasteiger partial charge in [0.05, 0.1) is 11.0 Å². The molecule has 6 nitrogen and oxygen atoms in total. The van der Waals surface area contributed by atoms with Crippen molar-refractivity contribution in [1.29, 1.82) is 0 Å². The molecule has 2 N–H and O–H groups in total. The van der Waals surface area contributed by atoms with Gasteiger partial charge in [-0.05, 0) is 37.9 Å². The van der Waals surface area contributed by atoms with Crippen LogP contribution in [0.2, 0.25) is 0 Å². The van der Waals surface area contributed by atoms with Crippen LogP contribution < -0.4 is 5.32 Å². The van der Waals surface area contributed by atoms with E-state index in [4.69, 9.17) is 9.84 Å². The second-order valence-corrected chi connectivity index (χ2v) is 5.03. The summed E-state index contributed by atoms with van der Waals surface area (Å²) in [6, 6.07) is 1.67. The lowest BCUT2D eigenvalue weighted by Crippen LogP contribution is -2.38. The number of methoxy groups -OCH3 is 1. The van der Waals surface area contributed by atoms with E-state index < -0.39 is 18.0 Å². The topological polar surface area (TPSA) is 88.5 Å². The molecule has 1 heterocycles. The van der Waals surface area contributed by atoms with Crippen LogP contribution in [0.1, 0.15) is 10.5 Å². The van der Waals surface area contributed by atoms with E-state index in [0.29, 0.717) is 4.47 Å². The van der Waals surface area contributed by atoms with Gasteiger partial charge in [-0.3, -0.25) is 4.79 Å². The summed E-state index contributed by atoms with van der Waals surface area (Å²) in [5.74, 6) is -1.61. The molecular weight excluding hydrogens is 372 g/mol. The van der Waals surface area contributed by atoms with E-state index in [0.717, 1.165) is 4.47 Å². The smallest absolute Gasteiger partial charge is 0.334 e. The number of halogens is 2. The normalized spacial score (nSPS) is 11.9. The Morgan fingerprint density at radius 1 is 1.56 bits per heavy atom. The largest absolute Gasteiger partial charge is 0.479 e. The summed E-state index contributed by atoms with van der Waals surface area (Å²) in [5, 5.41) is 11.2. The second kappa shape index (κ2) is 6.81. The van der Waals surface area contributed by atoms with Crippen molar-refractivity contribution in [3.05, 3.63) is 26.9 Å². The van der Waals surface area contributed by atoms with Crippen LogP contribution in [0.5, 0.6) is 0 Å². The molecule has 0 radical (unpaired) electrons. The van der Waals surface area contributed by atoms with Gasteiger partial charge < -0.3 is 15.2 Å². The van der Waals surface area contributed by atoms with Crippen molar-refractivity contribution in [2.24, 2.45) is 0 Å². The fourth-order valence-corrected chi connectivity index (χ4v) is 2.29. The fourth-order valence-electron chi connectivity index (χ4n) is 1.12. The number of aromatic nitrogens is 1. The Balaban J connectivity index is 2.68. The Morgan fingerprint density at radius 3 is 2.72 bits per heavy atom. The van der Waals surface area contributed by atoms with E-state index in [1.54, 1.807) is 6.07 Å². The van der Waals surface area contributed by atoms with Crippen LogP contribution in [0.15, 0.2) is 21.2 Å². The lowest BCUT2D eigenvalue weighted by molar-refractivity contribution is -0.148. The quantitative estimate of drug-likeness (QED) is 0.805. The van der Waals surface area contributed by atoms with E-state index in [9.17, 15) is 9.59 Å². The second-order valence-electron chi connectivity index (χ2n) is 3.26. The SMILES string of the molecule is COC(CNC(=O)c1ncc(Br)cc1Br)C(=O)O. The molecular formula is C10H10Br2N2O4. The van der Waals surface area contributed by atoms with Crippen LogP contribution in [0.25, 0.3) is 0 Å². The Morgan fingerprint density at radius 2 is 2.22 bits per heavy atom. The third-order valence-electron chi connectivity index (χ3n) is 2.03. The summed E-state index contributed by atoms with van der Waals surface area (Å²) in [6.07, 6.45) is 0.396. The van der Waals surface area contributed by atoms with Crippen LogP contribution in [-0.2, 0) is 9.53 Å². The molecule has 98 valence electrons. The van der Waals surface area contributed by atoms with Crippen molar-refractivity contribution in [3.63, 3.8) is 0 Å². The van der Waals surface area contributed by atoms with E-state index in [-0.39, 0.29) is 12.2 Å². The number of hydrogen-bond acceptors (Lipinski definition) is 4. The Labute approximate surface area is 120 Å². The van der Waals surface area contributed by atoms with E-state index >= 15 is 0 Å². The summed E-state index contributed by atoms with van der Waals surface area (Å²) < 4.78 is 5.93. The third kappa shape index (κ3) is 4.04. The van der Waals surface area contributed by atoms with Crippen molar-refractivity contribution in [3.8, 4) is 0 Å². The van der Waals surface area contributed by atoms with Crippen LogP contribution >= 0.6 is 31.9 Å². The zero-order valence-electron chi connectivity index (χ0n) is 9.31. The number of carboxylic acid groups (broad SMARTS) is 1. The van der Waals surface area contributed by atoms with Gasteiger partial charge in [-0.25, -0.2) is 9.78 Å². The average Bonchev–Trinajstić information content (AvgIpc) is 2.28. The molecule has 0 aliphatic rings. The first-order chi connectivity index (χ1) is 8.45. The van der Waals surface area contributed by atoms with Crippen molar-refractivity contribution in [1.82, 2.24) is 10.3 Å². The van der Waals surface area contributed by atoms with Gasteiger partial charge >= 0.3 is 5.97 Å². The number of nitrogens with zero attached hydrogens (tertiary/aromatic N) is 1. The number of carbonyl (C=O) groups is 2. The predicted octanol–water partition coefficient (Wildman–Crippen LogP) is 1.44. The number of aliphatic carboxylic acids is 1. The fraction of sp³-hybridized carbons (Fsp3) is 0.300. The number of carboxylic acids is 1. The monoisotopic (exact) mass is 380 g/mol. The van der Waals surface area contributed by atoms with Gasteiger partial charge in [0.25, 0.3) is 5.91 Å². The molecule has 1 aromatic rings. The van der Waals surface area contributed by atoms with Crippen molar-refractivity contribution in [2.45, 2.75) is 6.10 Å². The average molecular weight is 382 g/mol. The summed E-state index contributed by atoms with van der Waals surface area (Å²) >= 11 is 6.42. The molecule has 0 bridgehead atoms. The zero-order valence-corrected chi connectivity index (χ0v) is 12.5. The highest BCUT2D eigenvalue weighted by molar-refractivity contribution is 9.11. The molecule has 0 saturated carbocycles. The molecule has 8 heteroatoms. The molecule has 0 aromatic carbocycles. The van der Waals surface area contributed by atoms with Gasteiger partial charge in [0.1, 0.15) is 5.69 Å². The lowest BCUT2D eigenvalue weighted by atomic mass is 10.3. The molecule has 1 amide bonds. The van der Waals surface area contributed by atoms with Gasteiger partial charge in [0, 0.05) is 17.8 Å². The van der Waals surface area contributed by atoms with Gasteiger partial charge in [0.2, 0.25) is 0 Å². The number of pyridine rings is 1. The van der Waals surface area contributed by atoms with Crippen molar-refractivity contribution < 1.29 is 19.4 Å². The number of rotatable bonds is 5. The third-order valence-corrected chi connectivity index (χ3v) is 3.07. The Hall–Kier alpha value is -0.990. The minimum atomic E-state index is -1.14. The van der Waals surface area contributed by atoms with Crippen molar-refractivity contribution in [2.75, 3.05) is 13.7 Å². The van der Waals surface area contributed by atoms with E-state index in [1.165, 1.54) is 13.3 Å². The first-order valence-electron chi connectivity index (χ1n) is 4.80. The highest BCUT2D eigenvalue weighted by atomic mass is 79.9. The number of ether oxygens (including phenoxy) is 1. The maximum absolute atomic E-state index is 11.8. The van der Waals surface area contributed by atoms with Crippen molar-refractivity contribution >= 4 is 43.7 Å². The highest BCUT2D eigenvalue weighted by Gasteiger charge is 2.19. The molecule has 1 unspecified atom stereocenters. The molecule has 1 aromatic heterocycles. The van der Waals surface area contributed by atoms with Gasteiger partial charge in [-0.2, -0.15) is 0 Å². The highest BCUT2D eigenvalue weighted by Crippen LogP contribution is 2.19. The van der Waals surface area contributed by atoms with Crippen LogP contribution in [-0.4, -0.2) is 41.7 Å². The standard InChI is InChI=1S/C10H10Br2N2O4/c1-18-7(10(16)17)4-14-9(15)8-6(12)2-5(11)3-13-8/h2-3,7H,4H2,1H3,(H,14,15)(H,16,17). The first kappa shape index (κ1) is 15.1. The van der Waals surface area contributed by atoms with Gasteiger partial charge in [0.15, 0.2) is 6.10 Å². The Kier molecular flexibility index (Phi) is 5.70. The molecule has 0 saturated heterocycles. The molecule has 0 aliphatic carbocycles. The van der Waals surface area contributed by atoms with Crippen LogP contribution in [0.3, 0.4) is 0 Å². The van der Waals surface area contributed by atoms with E-state index in [1.807, 2.05) is 0 Å². The van der Waals surface area contributed by atoms with Gasteiger partial charge in [-0.15, -0.1) is 0 Å². The predicted molar refractivity (Wildman–Crippen MR) is 70.4 cm³/mol. The minimum Gasteiger partial charge on any atom is -0.479 e. The summed E-state index contributed by atoms with van der Waals surface area (Å²) in [6.45, 7) is -0.130. The molecule has 0 fully saturated rings. The van der Waals surface area contributed by atoms with E-state index in [2.05, 4.69) is 42.2 Å². The molecule has 18 heavy (non-hydrogen) atoms. The number of nitrogens with one attached hydrogen (secondary N) is 1. The van der Waals surface area contributed by atoms with Crippen LogP contribution in [0, 0.1) is 0 Å². The molecule has 1 atom stereocenters. The lowest BCUT2D eigenvalue weighted by Gasteiger charge is -2.11. The Bertz CT molecular complexity index is 467. The number of hydrogen-bond donors (Lipinski definition) is 2. The summed E-state index contributed by atoms with van der Waals surface area (Å²) in [4.78, 5) is 26.4. The maximum Gasteiger partial charge on any atom is 0.334 e. The summed E-state index contributed by atoms with van der Waals surface area (Å²) in [5.41, 5.74) is 0.179. The number of carbonyl (C=O) groups excluding carboxylic acids is 1. The first-order valence-corrected chi connectivity index (χ1v) is 6.39. The van der Waals surface area contributed by atoms with Crippen LogP contribution in [0.4, 0.5) is 0 Å². The molecule has 1 rings (SSSR count). The zero-order chi connectivity index (χ0) is 13.7.